The maximum atomic E-state index is 10.6. The normalized spacial score (nSPS) is 15.0. The number of aryl methyl sites for hydroxylation is 1. The minimum atomic E-state index is 0.682. The van der Waals surface area contributed by atoms with Crippen molar-refractivity contribution in [1.29, 1.82) is 0 Å². The van der Waals surface area contributed by atoms with Crippen LogP contribution in [0.15, 0.2) is 18.2 Å². The van der Waals surface area contributed by atoms with Gasteiger partial charge < -0.3 is 4.74 Å². The highest BCUT2D eigenvalue weighted by atomic mass is 16.5. The molecular weight excluding hydrogens is 188 g/mol. The Bertz CT molecular complexity index is 354. The molecular formula is C13H16O2. The fourth-order valence-electron chi connectivity index (χ4n) is 1.59. The molecule has 0 aliphatic heterocycles. The van der Waals surface area contributed by atoms with Gasteiger partial charge in [-0.05, 0) is 30.9 Å². The van der Waals surface area contributed by atoms with Crippen LogP contribution in [0, 0.1) is 12.8 Å². The number of aldehydes is 1. The molecule has 1 saturated carbocycles. The van der Waals surface area contributed by atoms with Crippen LogP contribution in [0.4, 0.5) is 0 Å². The van der Waals surface area contributed by atoms with E-state index in [4.69, 9.17) is 4.74 Å². The minimum absolute atomic E-state index is 0.682. The number of carbonyl (C=O) groups is 1. The molecule has 0 aromatic heterocycles. The van der Waals surface area contributed by atoms with E-state index in [9.17, 15) is 4.79 Å². The second-order valence-electron chi connectivity index (χ2n) is 4.22. The van der Waals surface area contributed by atoms with Crippen molar-refractivity contribution in [3.63, 3.8) is 0 Å². The fraction of sp³-hybridized carbons (Fsp3) is 0.462. The maximum absolute atomic E-state index is 10.6. The Morgan fingerprint density at radius 2 is 2.27 bits per heavy atom. The molecule has 80 valence electrons. The van der Waals surface area contributed by atoms with Crippen molar-refractivity contribution >= 4 is 6.29 Å². The third-order valence-corrected chi connectivity index (χ3v) is 2.83. The molecule has 0 bridgehead atoms. The standard InChI is InChI=1S/C13H16O2/c1-10-2-3-12(9-14)8-13(10)15-7-6-11-4-5-11/h2-3,8-9,11H,4-7H2,1H3. The molecule has 2 heteroatoms. The lowest BCUT2D eigenvalue weighted by Crippen LogP contribution is -2.00. The largest absolute Gasteiger partial charge is 0.493 e. The quantitative estimate of drug-likeness (QED) is 0.689. The first-order valence-electron chi connectivity index (χ1n) is 5.48. The number of rotatable bonds is 5. The summed E-state index contributed by atoms with van der Waals surface area (Å²) in [6.07, 6.45) is 4.71. The summed E-state index contributed by atoms with van der Waals surface area (Å²) >= 11 is 0. The minimum Gasteiger partial charge on any atom is -0.493 e. The van der Waals surface area contributed by atoms with Crippen molar-refractivity contribution in [2.75, 3.05) is 6.61 Å². The number of hydrogen-bond acceptors (Lipinski definition) is 2. The van der Waals surface area contributed by atoms with Gasteiger partial charge in [-0.15, -0.1) is 0 Å². The topological polar surface area (TPSA) is 26.3 Å². The second kappa shape index (κ2) is 4.47. The molecule has 0 amide bonds. The predicted octanol–water partition coefficient (Wildman–Crippen LogP) is 2.99. The molecule has 0 N–H and O–H groups in total. The van der Waals surface area contributed by atoms with Gasteiger partial charge in [-0.2, -0.15) is 0 Å². The van der Waals surface area contributed by atoms with Crippen LogP contribution in [-0.4, -0.2) is 12.9 Å². The number of hydrogen-bond donors (Lipinski definition) is 0. The molecule has 2 nitrogen and oxygen atoms in total. The van der Waals surface area contributed by atoms with Gasteiger partial charge in [0, 0.05) is 5.56 Å². The van der Waals surface area contributed by atoms with Gasteiger partial charge >= 0.3 is 0 Å². The fourth-order valence-corrected chi connectivity index (χ4v) is 1.59. The Hall–Kier alpha value is -1.31. The number of benzene rings is 1. The molecule has 0 saturated heterocycles. The number of carbonyl (C=O) groups excluding carboxylic acids is 1. The Morgan fingerprint density at radius 1 is 1.47 bits per heavy atom. The van der Waals surface area contributed by atoms with Crippen molar-refractivity contribution in [3.05, 3.63) is 29.3 Å². The summed E-state index contributed by atoms with van der Waals surface area (Å²) in [5, 5.41) is 0. The van der Waals surface area contributed by atoms with Gasteiger partial charge in [0.15, 0.2) is 0 Å². The van der Waals surface area contributed by atoms with E-state index in [1.807, 2.05) is 25.1 Å². The Kier molecular flexibility index (Phi) is 3.05. The summed E-state index contributed by atoms with van der Waals surface area (Å²) < 4.78 is 5.67. The van der Waals surface area contributed by atoms with Crippen molar-refractivity contribution in [3.8, 4) is 5.75 Å². The van der Waals surface area contributed by atoms with Crippen molar-refractivity contribution in [2.45, 2.75) is 26.2 Å². The summed E-state index contributed by atoms with van der Waals surface area (Å²) in [4.78, 5) is 10.6. The van der Waals surface area contributed by atoms with Gasteiger partial charge in [-0.25, -0.2) is 0 Å². The Balaban J connectivity index is 1.94. The molecule has 2 rings (SSSR count). The SMILES string of the molecule is Cc1ccc(C=O)cc1OCCC1CC1. The molecule has 1 fully saturated rings. The summed E-state index contributed by atoms with van der Waals surface area (Å²) in [7, 11) is 0. The van der Waals surface area contributed by atoms with Crippen LogP contribution in [0.1, 0.15) is 35.2 Å². The molecule has 1 aromatic carbocycles. The first-order valence-corrected chi connectivity index (χ1v) is 5.48. The zero-order valence-corrected chi connectivity index (χ0v) is 9.03. The highest BCUT2D eigenvalue weighted by Crippen LogP contribution is 2.32. The van der Waals surface area contributed by atoms with Crippen LogP contribution in [0.2, 0.25) is 0 Å². The average molecular weight is 204 g/mol. The zero-order valence-electron chi connectivity index (χ0n) is 9.03. The highest BCUT2D eigenvalue weighted by Gasteiger charge is 2.20. The first kappa shape index (κ1) is 10.2. The monoisotopic (exact) mass is 204 g/mol. The predicted molar refractivity (Wildman–Crippen MR) is 59.4 cm³/mol. The van der Waals surface area contributed by atoms with E-state index in [1.165, 1.54) is 12.8 Å². The number of ether oxygens (including phenoxy) is 1. The van der Waals surface area contributed by atoms with Crippen LogP contribution in [0.25, 0.3) is 0 Å². The lowest BCUT2D eigenvalue weighted by atomic mass is 10.1. The first-order chi connectivity index (χ1) is 7.29. The molecule has 0 radical (unpaired) electrons. The summed E-state index contributed by atoms with van der Waals surface area (Å²) in [6.45, 7) is 2.77. The van der Waals surface area contributed by atoms with Crippen LogP contribution < -0.4 is 4.74 Å². The van der Waals surface area contributed by atoms with Gasteiger partial charge in [-0.3, -0.25) is 4.79 Å². The second-order valence-corrected chi connectivity index (χ2v) is 4.22. The Morgan fingerprint density at radius 3 is 2.93 bits per heavy atom. The summed E-state index contributed by atoms with van der Waals surface area (Å²) in [5.74, 6) is 1.74. The highest BCUT2D eigenvalue weighted by molar-refractivity contribution is 5.75. The molecule has 15 heavy (non-hydrogen) atoms. The van der Waals surface area contributed by atoms with Crippen molar-refractivity contribution in [1.82, 2.24) is 0 Å². The van der Waals surface area contributed by atoms with Gasteiger partial charge in [0.05, 0.1) is 6.61 Å². The van der Waals surface area contributed by atoms with Crippen LogP contribution >= 0.6 is 0 Å². The third kappa shape index (κ3) is 2.82. The van der Waals surface area contributed by atoms with E-state index < -0.39 is 0 Å². The van der Waals surface area contributed by atoms with Gasteiger partial charge in [0.25, 0.3) is 0 Å². The van der Waals surface area contributed by atoms with Gasteiger partial charge in [0.2, 0.25) is 0 Å². The van der Waals surface area contributed by atoms with Gasteiger partial charge in [0.1, 0.15) is 12.0 Å². The molecule has 1 aliphatic rings. The third-order valence-electron chi connectivity index (χ3n) is 2.83. The molecule has 0 spiro atoms. The molecule has 1 aliphatic carbocycles. The molecule has 0 atom stereocenters. The molecule has 0 unspecified atom stereocenters. The summed E-state index contributed by atoms with van der Waals surface area (Å²) in [6, 6.07) is 5.56. The summed E-state index contributed by atoms with van der Waals surface area (Å²) in [5.41, 5.74) is 1.78. The maximum Gasteiger partial charge on any atom is 0.150 e. The van der Waals surface area contributed by atoms with E-state index in [1.54, 1.807) is 0 Å². The van der Waals surface area contributed by atoms with Crippen molar-refractivity contribution < 1.29 is 9.53 Å². The van der Waals surface area contributed by atoms with E-state index in [2.05, 4.69) is 0 Å². The van der Waals surface area contributed by atoms with E-state index >= 15 is 0 Å². The molecule has 0 heterocycles. The van der Waals surface area contributed by atoms with Gasteiger partial charge in [-0.1, -0.05) is 25.0 Å². The smallest absolute Gasteiger partial charge is 0.150 e. The zero-order chi connectivity index (χ0) is 10.7. The lowest BCUT2D eigenvalue weighted by Gasteiger charge is -2.08. The van der Waals surface area contributed by atoms with Crippen LogP contribution in [-0.2, 0) is 0 Å². The van der Waals surface area contributed by atoms with Crippen LogP contribution in [0.3, 0.4) is 0 Å². The van der Waals surface area contributed by atoms with E-state index in [-0.39, 0.29) is 0 Å². The van der Waals surface area contributed by atoms with E-state index in [0.717, 1.165) is 36.5 Å². The van der Waals surface area contributed by atoms with E-state index in [0.29, 0.717) is 5.56 Å². The van der Waals surface area contributed by atoms with Crippen molar-refractivity contribution in [2.24, 2.45) is 5.92 Å². The van der Waals surface area contributed by atoms with Crippen LogP contribution in [0.5, 0.6) is 5.75 Å². The lowest BCUT2D eigenvalue weighted by molar-refractivity contribution is 0.112. The Labute approximate surface area is 90.3 Å². The molecule has 1 aromatic rings. The average Bonchev–Trinajstić information content (AvgIpc) is 3.05.